The van der Waals surface area contributed by atoms with Gasteiger partial charge in [0.25, 0.3) is 0 Å². The number of rotatable bonds is 0. The Kier molecular flexibility index (Phi) is 1.62. The van der Waals surface area contributed by atoms with Gasteiger partial charge in [0.1, 0.15) is 12.5 Å². The molecule has 0 aromatic carbocycles. The summed E-state index contributed by atoms with van der Waals surface area (Å²) < 4.78 is 0. The van der Waals surface area contributed by atoms with Crippen LogP contribution in [0, 0.1) is 6.54 Å². The van der Waals surface area contributed by atoms with Crippen molar-refractivity contribution in [1.29, 1.82) is 0 Å². The molecule has 0 unspecified atom stereocenters. The highest BCUT2D eigenvalue weighted by atomic mass is 16.1. The molecule has 0 bridgehead atoms. The Morgan fingerprint density at radius 3 is 3.12 bits per heavy atom. The summed E-state index contributed by atoms with van der Waals surface area (Å²) in [4.78, 5) is 9.84. The molecule has 0 fully saturated rings. The highest BCUT2D eigenvalue weighted by Crippen LogP contribution is 1.97. The standard InChI is InChI=1S/C6H5NO/c8-5-6-2-1-3-7-4-6/h1-2,7H,3H2. The average molecular weight is 107 g/mol. The molecule has 0 saturated carbocycles. The van der Waals surface area contributed by atoms with Gasteiger partial charge in [0.15, 0.2) is 0 Å². The van der Waals surface area contributed by atoms with Gasteiger partial charge >= 0.3 is 0 Å². The Balaban J connectivity index is 2.70. The van der Waals surface area contributed by atoms with Crippen molar-refractivity contribution < 1.29 is 4.79 Å². The third-order valence-corrected chi connectivity index (χ3v) is 0.837. The molecule has 8 heavy (non-hydrogen) atoms. The molecule has 0 spiro atoms. The van der Waals surface area contributed by atoms with E-state index in [2.05, 4.69) is 11.9 Å². The third-order valence-electron chi connectivity index (χ3n) is 0.837. The van der Waals surface area contributed by atoms with Crippen molar-refractivity contribution in [3.8, 4) is 0 Å². The van der Waals surface area contributed by atoms with Gasteiger partial charge in [-0.2, -0.15) is 0 Å². The summed E-state index contributed by atoms with van der Waals surface area (Å²) in [6, 6.07) is 0. The van der Waals surface area contributed by atoms with E-state index in [0.717, 1.165) is 6.54 Å². The summed E-state index contributed by atoms with van der Waals surface area (Å²) >= 11 is 0. The molecule has 0 atom stereocenters. The molecule has 2 radical (unpaired) electrons. The van der Waals surface area contributed by atoms with Gasteiger partial charge in [-0.3, -0.25) is 5.32 Å². The van der Waals surface area contributed by atoms with E-state index in [0.29, 0.717) is 5.57 Å². The van der Waals surface area contributed by atoms with Crippen LogP contribution in [0.3, 0.4) is 0 Å². The van der Waals surface area contributed by atoms with Crippen LogP contribution in [0.25, 0.3) is 0 Å². The predicted molar refractivity (Wildman–Crippen MR) is 29.6 cm³/mol. The fourth-order valence-electron chi connectivity index (χ4n) is 0.483. The summed E-state index contributed by atoms with van der Waals surface area (Å²) in [7, 11) is 0. The fraction of sp³-hybridized carbons (Fsp3) is 0.167. The quantitative estimate of drug-likeness (QED) is 0.439. The molecule has 1 heterocycles. The lowest BCUT2D eigenvalue weighted by Gasteiger charge is -2.01. The highest BCUT2D eigenvalue weighted by Gasteiger charge is 1.97. The molecule has 1 aliphatic heterocycles. The van der Waals surface area contributed by atoms with E-state index in [9.17, 15) is 4.79 Å². The number of nitrogens with one attached hydrogen (secondary N) is 1. The predicted octanol–water partition coefficient (Wildman–Crippen LogP) is -0.0574. The average Bonchev–Trinajstić information content (AvgIpc) is 1.90. The normalized spacial score (nSPS) is 18.2. The summed E-state index contributed by atoms with van der Waals surface area (Å²) in [5.74, 6) is 1.71. The van der Waals surface area contributed by atoms with Crippen LogP contribution in [-0.2, 0) is 4.79 Å². The summed E-state index contributed by atoms with van der Waals surface area (Å²) in [6.45, 7) is 3.38. The largest absolute Gasteiger partial charge is 0.299 e. The number of hydrogen-bond donors (Lipinski definition) is 1. The molecule has 1 rings (SSSR count). The van der Waals surface area contributed by atoms with Gasteiger partial charge in [0.05, 0.1) is 5.57 Å². The lowest BCUT2D eigenvalue weighted by molar-refractivity contribution is 0.567. The topological polar surface area (TPSA) is 29.1 Å². The lowest BCUT2D eigenvalue weighted by atomic mass is 10.2. The van der Waals surface area contributed by atoms with E-state index in [1.165, 1.54) is 0 Å². The zero-order valence-electron chi connectivity index (χ0n) is 4.27. The molecule has 0 amide bonds. The molecular weight excluding hydrogens is 102 g/mol. The van der Waals surface area contributed by atoms with Crippen molar-refractivity contribution >= 4 is 5.94 Å². The van der Waals surface area contributed by atoms with Crippen LogP contribution in [0.1, 0.15) is 0 Å². The van der Waals surface area contributed by atoms with Crippen LogP contribution in [0.15, 0.2) is 17.7 Å². The van der Waals surface area contributed by atoms with Crippen molar-refractivity contribution in [3.63, 3.8) is 0 Å². The Morgan fingerprint density at radius 1 is 1.88 bits per heavy atom. The molecule has 0 saturated heterocycles. The second-order valence-corrected chi connectivity index (χ2v) is 1.42. The summed E-state index contributed by atoms with van der Waals surface area (Å²) in [6.07, 6.45) is 3.53. The molecule has 0 aliphatic carbocycles. The highest BCUT2D eigenvalue weighted by molar-refractivity contribution is 5.60. The second-order valence-electron chi connectivity index (χ2n) is 1.42. The fourth-order valence-corrected chi connectivity index (χ4v) is 0.483. The Bertz CT molecular complexity index is 154. The van der Waals surface area contributed by atoms with Crippen LogP contribution in [-0.4, -0.2) is 12.5 Å². The maximum atomic E-state index is 9.84. The van der Waals surface area contributed by atoms with Crippen molar-refractivity contribution in [3.05, 3.63) is 24.3 Å². The van der Waals surface area contributed by atoms with E-state index >= 15 is 0 Å². The Labute approximate surface area is 47.9 Å². The van der Waals surface area contributed by atoms with Crippen LogP contribution < -0.4 is 5.32 Å². The van der Waals surface area contributed by atoms with E-state index in [1.807, 2.05) is 6.08 Å². The Hall–Kier alpha value is -0.850. The second kappa shape index (κ2) is 2.46. The first-order valence-electron chi connectivity index (χ1n) is 2.34. The minimum absolute atomic E-state index is 0.455. The molecule has 0 aromatic heterocycles. The van der Waals surface area contributed by atoms with E-state index in [-0.39, 0.29) is 0 Å². The van der Waals surface area contributed by atoms with E-state index in [4.69, 9.17) is 0 Å². The van der Waals surface area contributed by atoms with E-state index < -0.39 is 0 Å². The van der Waals surface area contributed by atoms with Crippen molar-refractivity contribution in [2.24, 2.45) is 0 Å². The van der Waals surface area contributed by atoms with Crippen LogP contribution >= 0.6 is 0 Å². The zero-order valence-corrected chi connectivity index (χ0v) is 4.27. The maximum absolute atomic E-state index is 9.84. The van der Waals surface area contributed by atoms with Crippen molar-refractivity contribution in [2.75, 3.05) is 6.54 Å². The summed E-state index contributed by atoms with van der Waals surface area (Å²) in [5, 5.41) is 2.75. The van der Waals surface area contributed by atoms with Gasteiger partial charge in [0, 0.05) is 6.54 Å². The van der Waals surface area contributed by atoms with Gasteiger partial charge in [-0.15, -0.1) is 0 Å². The number of hydrogen-bond acceptors (Lipinski definition) is 2. The first-order chi connectivity index (χ1) is 3.93. The zero-order chi connectivity index (χ0) is 5.82. The molecule has 1 aliphatic rings. The van der Waals surface area contributed by atoms with Gasteiger partial charge in [-0.1, -0.05) is 6.08 Å². The minimum Gasteiger partial charge on any atom is -0.299 e. The lowest BCUT2D eigenvalue weighted by Crippen LogP contribution is -2.14. The Morgan fingerprint density at radius 2 is 2.75 bits per heavy atom. The molecular formula is C6H5NO. The monoisotopic (exact) mass is 107 g/mol. The van der Waals surface area contributed by atoms with Crippen LogP contribution in [0.4, 0.5) is 0 Å². The smallest absolute Gasteiger partial charge is 0.130 e. The number of carbonyl (C=O) groups excluding carboxylic acids is 1. The first-order valence-corrected chi connectivity index (χ1v) is 2.34. The molecule has 2 heteroatoms. The minimum atomic E-state index is 0.455. The first kappa shape index (κ1) is 5.29. The van der Waals surface area contributed by atoms with Crippen LogP contribution in [0.5, 0.6) is 0 Å². The SMILES string of the molecule is O=C=C1[C]NCC=C1. The van der Waals surface area contributed by atoms with E-state index in [1.54, 1.807) is 12.0 Å². The van der Waals surface area contributed by atoms with Gasteiger partial charge < -0.3 is 0 Å². The molecule has 40 valence electrons. The molecule has 0 aromatic rings. The van der Waals surface area contributed by atoms with Gasteiger partial charge in [-0.05, 0) is 6.08 Å². The van der Waals surface area contributed by atoms with Crippen molar-refractivity contribution in [2.45, 2.75) is 0 Å². The molecule has 1 N–H and O–H groups in total. The third kappa shape index (κ3) is 1.06. The van der Waals surface area contributed by atoms with Crippen LogP contribution in [0.2, 0.25) is 0 Å². The van der Waals surface area contributed by atoms with Crippen molar-refractivity contribution in [1.82, 2.24) is 5.32 Å². The molecule has 2 nitrogen and oxygen atoms in total. The van der Waals surface area contributed by atoms with Gasteiger partial charge in [0.2, 0.25) is 0 Å². The summed E-state index contributed by atoms with van der Waals surface area (Å²) in [5.41, 5.74) is 0.455. The maximum Gasteiger partial charge on any atom is 0.130 e. The van der Waals surface area contributed by atoms with Gasteiger partial charge in [-0.25, -0.2) is 4.79 Å².